The number of fused-ring (bicyclic) bond motifs is 4. The van der Waals surface area contributed by atoms with Gasteiger partial charge in [-0.15, -0.1) is 0 Å². The molecule has 0 spiro atoms. The van der Waals surface area contributed by atoms with E-state index in [4.69, 9.17) is 11.6 Å². The second-order valence-electron chi connectivity index (χ2n) is 6.31. The Morgan fingerprint density at radius 3 is 3.04 bits per heavy atom. The van der Waals surface area contributed by atoms with Crippen LogP contribution < -0.4 is 0 Å². The second-order valence-corrected chi connectivity index (χ2v) is 6.72. The maximum Gasteiger partial charge on any atom is 0.258 e. The molecule has 0 aliphatic carbocycles. The SMILES string of the molecule is O=C(c1cnn2ccccc12)N1CCc2[nH]c3c(Cl)cccc3c2C1. The van der Waals surface area contributed by atoms with Crippen molar-refractivity contribution < 1.29 is 4.79 Å². The lowest BCUT2D eigenvalue weighted by molar-refractivity contribution is 0.0737. The predicted molar refractivity (Wildman–Crippen MR) is 96.9 cm³/mol. The molecular formula is C19H15ClN4O. The van der Waals surface area contributed by atoms with Crippen LogP contribution in [0.25, 0.3) is 16.4 Å². The number of nitrogens with zero attached hydrogens (tertiary/aromatic N) is 3. The van der Waals surface area contributed by atoms with Crippen LogP contribution in [0.2, 0.25) is 5.02 Å². The highest BCUT2D eigenvalue weighted by atomic mass is 35.5. The first-order valence-electron chi connectivity index (χ1n) is 8.22. The number of benzene rings is 1. The zero-order valence-electron chi connectivity index (χ0n) is 13.4. The van der Waals surface area contributed by atoms with Gasteiger partial charge in [0.25, 0.3) is 5.91 Å². The van der Waals surface area contributed by atoms with Gasteiger partial charge in [-0.25, -0.2) is 4.52 Å². The van der Waals surface area contributed by atoms with E-state index in [9.17, 15) is 4.79 Å². The van der Waals surface area contributed by atoms with Crippen LogP contribution in [0.4, 0.5) is 0 Å². The summed E-state index contributed by atoms with van der Waals surface area (Å²) < 4.78 is 1.73. The standard InChI is InChI=1S/C19H15ClN4O/c20-15-5-3-4-12-14-11-23(9-7-16(14)22-18(12)15)19(25)13-10-21-24-8-2-1-6-17(13)24/h1-6,8,10,22H,7,9,11H2. The van der Waals surface area contributed by atoms with Crippen LogP contribution in [0.15, 0.2) is 48.8 Å². The van der Waals surface area contributed by atoms with Crippen molar-refractivity contribution in [2.75, 3.05) is 6.54 Å². The second kappa shape index (κ2) is 5.36. The van der Waals surface area contributed by atoms with E-state index in [0.29, 0.717) is 23.7 Å². The van der Waals surface area contributed by atoms with Crippen LogP contribution in [0.1, 0.15) is 21.6 Å². The maximum absolute atomic E-state index is 13.0. The molecule has 1 amide bonds. The van der Waals surface area contributed by atoms with Gasteiger partial charge < -0.3 is 9.88 Å². The van der Waals surface area contributed by atoms with E-state index >= 15 is 0 Å². The summed E-state index contributed by atoms with van der Waals surface area (Å²) in [5.74, 6) is 0.0169. The number of para-hydroxylation sites is 1. The van der Waals surface area contributed by atoms with Crippen LogP contribution in [0.5, 0.6) is 0 Å². The normalized spacial score (nSPS) is 14.2. The van der Waals surface area contributed by atoms with Gasteiger partial charge in [0.1, 0.15) is 0 Å². The molecule has 6 heteroatoms. The van der Waals surface area contributed by atoms with Gasteiger partial charge in [0.15, 0.2) is 0 Å². The van der Waals surface area contributed by atoms with E-state index in [-0.39, 0.29) is 5.91 Å². The van der Waals surface area contributed by atoms with E-state index in [1.165, 1.54) is 5.69 Å². The minimum atomic E-state index is 0.0169. The van der Waals surface area contributed by atoms with Crippen molar-refractivity contribution in [1.82, 2.24) is 19.5 Å². The lowest BCUT2D eigenvalue weighted by Gasteiger charge is -2.27. The number of amides is 1. The van der Waals surface area contributed by atoms with Gasteiger partial charge in [-0.2, -0.15) is 5.10 Å². The Hall–Kier alpha value is -2.79. The Kier molecular flexibility index (Phi) is 3.12. The van der Waals surface area contributed by atoms with Gasteiger partial charge in [0, 0.05) is 42.4 Å². The molecular weight excluding hydrogens is 336 g/mol. The topological polar surface area (TPSA) is 53.4 Å². The molecule has 5 rings (SSSR count). The Labute approximate surface area is 148 Å². The van der Waals surface area contributed by atoms with Crippen LogP contribution in [-0.4, -0.2) is 31.9 Å². The van der Waals surface area contributed by atoms with Gasteiger partial charge in [-0.1, -0.05) is 29.8 Å². The summed E-state index contributed by atoms with van der Waals surface area (Å²) in [5.41, 5.74) is 4.77. The molecule has 4 heterocycles. The van der Waals surface area contributed by atoms with E-state index in [2.05, 4.69) is 16.1 Å². The zero-order chi connectivity index (χ0) is 17.0. The highest BCUT2D eigenvalue weighted by molar-refractivity contribution is 6.35. The fraction of sp³-hybridized carbons (Fsp3) is 0.158. The molecule has 1 aliphatic heterocycles. The van der Waals surface area contributed by atoms with E-state index in [1.54, 1.807) is 10.7 Å². The molecule has 0 atom stereocenters. The van der Waals surface area contributed by atoms with Gasteiger partial charge in [-0.05, 0) is 18.2 Å². The summed E-state index contributed by atoms with van der Waals surface area (Å²) in [4.78, 5) is 18.4. The molecule has 5 nitrogen and oxygen atoms in total. The number of rotatable bonds is 1. The predicted octanol–water partition coefficient (Wildman–Crippen LogP) is 3.67. The highest BCUT2D eigenvalue weighted by Gasteiger charge is 2.26. The molecule has 124 valence electrons. The first-order valence-corrected chi connectivity index (χ1v) is 8.60. The van der Waals surface area contributed by atoms with Crippen LogP contribution in [0, 0.1) is 0 Å². The Morgan fingerprint density at radius 2 is 2.12 bits per heavy atom. The van der Waals surface area contributed by atoms with E-state index in [1.807, 2.05) is 41.4 Å². The number of halogens is 1. The third-order valence-corrected chi connectivity index (χ3v) is 5.22. The van der Waals surface area contributed by atoms with E-state index < -0.39 is 0 Å². The van der Waals surface area contributed by atoms with Crippen molar-refractivity contribution in [3.8, 4) is 0 Å². The van der Waals surface area contributed by atoms with Crippen molar-refractivity contribution in [3.05, 3.63) is 70.6 Å². The number of hydrogen-bond acceptors (Lipinski definition) is 2. The molecule has 1 aliphatic rings. The molecule has 0 fully saturated rings. The van der Waals surface area contributed by atoms with Crippen molar-refractivity contribution in [2.24, 2.45) is 0 Å². The van der Waals surface area contributed by atoms with Gasteiger partial charge in [0.2, 0.25) is 0 Å². The Morgan fingerprint density at radius 1 is 1.20 bits per heavy atom. The Bertz CT molecular complexity index is 1130. The van der Waals surface area contributed by atoms with Gasteiger partial charge in [-0.3, -0.25) is 4.79 Å². The number of H-pyrrole nitrogens is 1. The number of nitrogens with one attached hydrogen (secondary N) is 1. The number of aromatic amines is 1. The molecule has 0 bridgehead atoms. The molecule has 3 aromatic heterocycles. The average molecular weight is 351 g/mol. The van der Waals surface area contributed by atoms with Gasteiger partial charge >= 0.3 is 0 Å². The first kappa shape index (κ1) is 14.5. The summed E-state index contributed by atoms with van der Waals surface area (Å²) in [6.07, 6.45) is 4.30. The summed E-state index contributed by atoms with van der Waals surface area (Å²) >= 11 is 6.30. The molecule has 0 saturated heterocycles. The van der Waals surface area contributed by atoms with Crippen molar-refractivity contribution in [3.63, 3.8) is 0 Å². The smallest absolute Gasteiger partial charge is 0.258 e. The third kappa shape index (κ3) is 2.16. The molecule has 1 aromatic carbocycles. The average Bonchev–Trinajstić information content (AvgIpc) is 3.23. The first-order chi connectivity index (χ1) is 12.2. The zero-order valence-corrected chi connectivity index (χ0v) is 14.1. The largest absolute Gasteiger partial charge is 0.357 e. The van der Waals surface area contributed by atoms with Crippen molar-refractivity contribution in [1.29, 1.82) is 0 Å². The fourth-order valence-corrected chi connectivity index (χ4v) is 3.87. The molecule has 0 saturated carbocycles. The lowest BCUT2D eigenvalue weighted by atomic mass is 10.0. The molecule has 1 N–H and O–H groups in total. The summed E-state index contributed by atoms with van der Waals surface area (Å²) in [5, 5.41) is 6.09. The molecule has 25 heavy (non-hydrogen) atoms. The Balaban J connectivity index is 1.54. The molecule has 4 aromatic rings. The quantitative estimate of drug-likeness (QED) is 0.569. The molecule has 0 radical (unpaired) electrons. The number of carbonyl (C=O) groups is 1. The van der Waals surface area contributed by atoms with Crippen molar-refractivity contribution >= 4 is 33.9 Å². The van der Waals surface area contributed by atoms with Gasteiger partial charge in [0.05, 0.1) is 27.8 Å². The number of aromatic nitrogens is 3. The minimum absolute atomic E-state index is 0.0169. The lowest BCUT2D eigenvalue weighted by Crippen LogP contribution is -2.35. The summed E-state index contributed by atoms with van der Waals surface area (Å²) in [6, 6.07) is 11.6. The summed E-state index contributed by atoms with van der Waals surface area (Å²) in [7, 11) is 0. The van der Waals surface area contributed by atoms with Crippen LogP contribution >= 0.6 is 11.6 Å². The van der Waals surface area contributed by atoms with Crippen LogP contribution in [-0.2, 0) is 13.0 Å². The summed E-state index contributed by atoms with van der Waals surface area (Å²) in [6.45, 7) is 1.26. The van der Waals surface area contributed by atoms with Crippen molar-refractivity contribution in [2.45, 2.75) is 13.0 Å². The number of hydrogen-bond donors (Lipinski definition) is 1. The number of pyridine rings is 1. The van der Waals surface area contributed by atoms with E-state index in [0.717, 1.165) is 28.4 Å². The highest BCUT2D eigenvalue weighted by Crippen LogP contribution is 2.32. The fourth-order valence-electron chi connectivity index (χ4n) is 3.65. The molecule has 0 unspecified atom stereocenters. The monoisotopic (exact) mass is 350 g/mol. The maximum atomic E-state index is 13.0. The third-order valence-electron chi connectivity index (χ3n) is 4.90. The number of carbonyl (C=O) groups excluding carboxylic acids is 1. The minimum Gasteiger partial charge on any atom is -0.357 e. The van der Waals surface area contributed by atoms with Crippen LogP contribution in [0.3, 0.4) is 0 Å².